The standard InChI is InChI=1S/C16H26F3NO5/c1-5-23-13(21)10-12(16(17,18)19)24-11-6-8-20(9-7-11)14(22)25-15(2,3)4/h11-12H,5-10H2,1-4H3. The van der Waals surface area contributed by atoms with Crippen LogP contribution in [-0.4, -0.2) is 60.6 Å². The van der Waals surface area contributed by atoms with Gasteiger partial charge in [0.1, 0.15) is 5.60 Å². The summed E-state index contributed by atoms with van der Waals surface area (Å²) >= 11 is 0. The number of amides is 1. The van der Waals surface area contributed by atoms with Crippen molar-refractivity contribution in [3.05, 3.63) is 0 Å². The van der Waals surface area contributed by atoms with E-state index in [1.54, 1.807) is 20.8 Å². The monoisotopic (exact) mass is 369 g/mol. The number of carbonyl (C=O) groups is 2. The van der Waals surface area contributed by atoms with Crippen LogP contribution in [0.3, 0.4) is 0 Å². The van der Waals surface area contributed by atoms with Crippen LogP contribution in [0.15, 0.2) is 0 Å². The largest absolute Gasteiger partial charge is 0.466 e. The van der Waals surface area contributed by atoms with E-state index in [9.17, 15) is 22.8 Å². The van der Waals surface area contributed by atoms with E-state index in [0.717, 1.165) is 0 Å². The number of alkyl halides is 3. The quantitative estimate of drug-likeness (QED) is 0.696. The van der Waals surface area contributed by atoms with Crippen molar-refractivity contribution in [1.82, 2.24) is 4.90 Å². The number of likely N-dealkylation sites (tertiary alicyclic amines) is 1. The molecule has 0 aromatic carbocycles. The zero-order valence-corrected chi connectivity index (χ0v) is 15.0. The van der Waals surface area contributed by atoms with Crippen molar-refractivity contribution >= 4 is 12.1 Å². The van der Waals surface area contributed by atoms with Gasteiger partial charge < -0.3 is 19.1 Å². The van der Waals surface area contributed by atoms with Gasteiger partial charge in [-0.1, -0.05) is 0 Å². The van der Waals surface area contributed by atoms with Gasteiger partial charge >= 0.3 is 18.2 Å². The second kappa shape index (κ2) is 8.73. The summed E-state index contributed by atoms with van der Waals surface area (Å²) in [4.78, 5) is 24.7. The molecule has 1 fully saturated rings. The molecule has 0 aromatic heterocycles. The molecule has 1 amide bonds. The first-order valence-corrected chi connectivity index (χ1v) is 8.28. The highest BCUT2D eigenvalue weighted by molar-refractivity contribution is 5.70. The van der Waals surface area contributed by atoms with Gasteiger partial charge in [-0.25, -0.2) is 4.79 Å². The molecule has 146 valence electrons. The van der Waals surface area contributed by atoms with Gasteiger partial charge in [0.2, 0.25) is 0 Å². The molecule has 1 rings (SSSR count). The number of ether oxygens (including phenoxy) is 3. The van der Waals surface area contributed by atoms with Gasteiger partial charge in [-0.05, 0) is 40.5 Å². The molecule has 0 bridgehead atoms. The summed E-state index contributed by atoms with van der Waals surface area (Å²) < 4.78 is 54.0. The van der Waals surface area contributed by atoms with Gasteiger partial charge in [0, 0.05) is 13.1 Å². The average Bonchev–Trinajstić information content (AvgIpc) is 2.44. The minimum Gasteiger partial charge on any atom is -0.466 e. The molecule has 0 saturated carbocycles. The molecule has 6 nitrogen and oxygen atoms in total. The first-order valence-electron chi connectivity index (χ1n) is 8.28. The zero-order valence-electron chi connectivity index (χ0n) is 15.0. The fraction of sp³-hybridized carbons (Fsp3) is 0.875. The number of carbonyl (C=O) groups excluding carboxylic acids is 2. The van der Waals surface area contributed by atoms with Crippen molar-refractivity contribution in [3.63, 3.8) is 0 Å². The molecule has 25 heavy (non-hydrogen) atoms. The molecule has 0 radical (unpaired) electrons. The topological polar surface area (TPSA) is 65.1 Å². The second-order valence-corrected chi connectivity index (χ2v) is 6.84. The third kappa shape index (κ3) is 7.94. The van der Waals surface area contributed by atoms with Crippen molar-refractivity contribution in [1.29, 1.82) is 0 Å². The van der Waals surface area contributed by atoms with Crippen LogP contribution in [0, 0.1) is 0 Å². The van der Waals surface area contributed by atoms with E-state index in [-0.39, 0.29) is 32.5 Å². The van der Waals surface area contributed by atoms with Gasteiger partial charge in [0.25, 0.3) is 0 Å². The number of hydrogen-bond acceptors (Lipinski definition) is 5. The lowest BCUT2D eigenvalue weighted by Gasteiger charge is -2.35. The lowest BCUT2D eigenvalue weighted by atomic mass is 10.1. The fourth-order valence-corrected chi connectivity index (χ4v) is 2.35. The predicted molar refractivity (Wildman–Crippen MR) is 83.0 cm³/mol. The molecule has 1 heterocycles. The van der Waals surface area contributed by atoms with Gasteiger partial charge in [-0.3, -0.25) is 4.79 Å². The van der Waals surface area contributed by atoms with Crippen molar-refractivity contribution in [2.24, 2.45) is 0 Å². The lowest BCUT2D eigenvalue weighted by Crippen LogP contribution is -2.45. The summed E-state index contributed by atoms with van der Waals surface area (Å²) in [5.41, 5.74) is -0.633. The van der Waals surface area contributed by atoms with E-state index in [1.165, 1.54) is 11.8 Å². The summed E-state index contributed by atoms with van der Waals surface area (Å²) in [5, 5.41) is 0. The molecule has 1 unspecified atom stereocenters. The van der Waals surface area contributed by atoms with Crippen LogP contribution >= 0.6 is 0 Å². The Balaban J connectivity index is 2.54. The highest BCUT2D eigenvalue weighted by atomic mass is 19.4. The van der Waals surface area contributed by atoms with Gasteiger partial charge in [-0.2, -0.15) is 13.2 Å². The number of rotatable bonds is 5. The number of piperidine rings is 1. The summed E-state index contributed by atoms with van der Waals surface area (Å²) in [5.74, 6) is -0.948. The second-order valence-electron chi connectivity index (χ2n) is 6.84. The number of esters is 1. The van der Waals surface area contributed by atoms with Crippen LogP contribution in [-0.2, 0) is 19.0 Å². The van der Waals surface area contributed by atoms with Crippen LogP contribution in [0.5, 0.6) is 0 Å². The Morgan fingerprint density at radius 3 is 2.16 bits per heavy atom. The first-order chi connectivity index (χ1) is 11.4. The van der Waals surface area contributed by atoms with Crippen molar-refractivity contribution in [3.8, 4) is 0 Å². The molecular weight excluding hydrogens is 343 g/mol. The predicted octanol–water partition coefficient (Wildman–Crippen LogP) is 3.29. The van der Waals surface area contributed by atoms with Crippen LogP contribution in [0.1, 0.15) is 47.0 Å². The summed E-state index contributed by atoms with van der Waals surface area (Å²) in [6.45, 7) is 7.23. The highest BCUT2D eigenvalue weighted by Gasteiger charge is 2.44. The minimum atomic E-state index is -4.66. The van der Waals surface area contributed by atoms with E-state index in [1.807, 2.05) is 0 Å². The smallest absolute Gasteiger partial charge is 0.415 e. The van der Waals surface area contributed by atoms with E-state index >= 15 is 0 Å². The normalized spacial score (nSPS) is 18.0. The Kier molecular flexibility index (Phi) is 7.52. The maximum atomic E-state index is 13.0. The molecule has 0 aromatic rings. The minimum absolute atomic E-state index is 0.0116. The van der Waals surface area contributed by atoms with Crippen molar-refractivity contribution in [2.75, 3.05) is 19.7 Å². The lowest BCUT2D eigenvalue weighted by molar-refractivity contribution is -0.239. The summed E-state index contributed by atoms with van der Waals surface area (Å²) in [6, 6.07) is 0. The maximum Gasteiger partial charge on any atom is 0.415 e. The SMILES string of the molecule is CCOC(=O)CC(OC1CCN(C(=O)OC(C)(C)C)CC1)C(F)(F)F. The molecule has 0 spiro atoms. The number of halogens is 3. The Labute approximate surface area is 145 Å². The molecule has 1 atom stereocenters. The van der Waals surface area contributed by atoms with Gasteiger partial charge in [-0.15, -0.1) is 0 Å². The zero-order chi connectivity index (χ0) is 19.3. The Morgan fingerprint density at radius 1 is 1.16 bits per heavy atom. The molecule has 0 N–H and O–H groups in total. The molecule has 1 aliphatic heterocycles. The van der Waals surface area contributed by atoms with Crippen molar-refractivity contribution < 1.29 is 37.0 Å². The molecule has 0 aliphatic carbocycles. The molecule has 9 heteroatoms. The van der Waals surface area contributed by atoms with E-state index in [0.29, 0.717) is 0 Å². The van der Waals surface area contributed by atoms with Crippen LogP contribution in [0.25, 0.3) is 0 Å². The fourth-order valence-electron chi connectivity index (χ4n) is 2.35. The van der Waals surface area contributed by atoms with Crippen LogP contribution in [0.4, 0.5) is 18.0 Å². The first kappa shape index (κ1) is 21.5. The number of nitrogens with zero attached hydrogens (tertiary/aromatic N) is 1. The van der Waals surface area contributed by atoms with E-state index < -0.39 is 42.5 Å². The van der Waals surface area contributed by atoms with Crippen LogP contribution in [0.2, 0.25) is 0 Å². The van der Waals surface area contributed by atoms with Crippen LogP contribution < -0.4 is 0 Å². The highest BCUT2D eigenvalue weighted by Crippen LogP contribution is 2.29. The molecule has 1 aliphatic rings. The Morgan fingerprint density at radius 2 is 1.72 bits per heavy atom. The van der Waals surface area contributed by atoms with Gasteiger partial charge in [0.05, 0.1) is 19.1 Å². The van der Waals surface area contributed by atoms with E-state index in [2.05, 4.69) is 4.74 Å². The molecule has 1 saturated heterocycles. The Bertz CT molecular complexity index is 454. The number of hydrogen-bond donors (Lipinski definition) is 0. The average molecular weight is 369 g/mol. The van der Waals surface area contributed by atoms with Gasteiger partial charge in [0.15, 0.2) is 6.10 Å². The maximum absolute atomic E-state index is 13.0. The summed E-state index contributed by atoms with van der Waals surface area (Å²) in [6.07, 6.45) is -8.42. The van der Waals surface area contributed by atoms with Crippen molar-refractivity contribution in [2.45, 2.75) is 70.9 Å². The third-order valence-corrected chi connectivity index (χ3v) is 3.47. The third-order valence-electron chi connectivity index (χ3n) is 3.47. The van der Waals surface area contributed by atoms with E-state index in [4.69, 9.17) is 9.47 Å². The Hall–Kier alpha value is -1.51. The summed E-state index contributed by atoms with van der Waals surface area (Å²) in [7, 11) is 0. The molecular formula is C16H26F3NO5.